The van der Waals surface area contributed by atoms with Crippen LogP contribution in [0, 0.1) is 0 Å². The zero-order valence-corrected chi connectivity index (χ0v) is 42.5. The van der Waals surface area contributed by atoms with Gasteiger partial charge in [-0.15, -0.1) is 0 Å². The summed E-state index contributed by atoms with van der Waals surface area (Å²) >= 11 is 0. The van der Waals surface area contributed by atoms with E-state index in [0.717, 1.165) is 38.9 Å². The third-order valence-corrected chi connectivity index (χ3v) is 13.4. The van der Waals surface area contributed by atoms with E-state index in [4.69, 9.17) is 52.1 Å². The average Bonchev–Trinajstić information content (AvgIpc) is 3.47. The van der Waals surface area contributed by atoms with Gasteiger partial charge < -0.3 is 52.1 Å². The molecule has 7 aromatic rings. The highest BCUT2D eigenvalue weighted by atomic mass is 16.8. The molecule has 0 aromatic heterocycles. The van der Waals surface area contributed by atoms with Crippen LogP contribution in [-0.4, -0.2) is 81.2 Å². The van der Waals surface area contributed by atoms with Gasteiger partial charge in [0.1, 0.15) is 48.8 Å². The van der Waals surface area contributed by atoms with Gasteiger partial charge in [0.25, 0.3) is 0 Å². The maximum atomic E-state index is 7.32. The van der Waals surface area contributed by atoms with Gasteiger partial charge >= 0.3 is 0 Å². The van der Waals surface area contributed by atoms with Crippen LogP contribution in [0.2, 0.25) is 0 Å². The third-order valence-electron chi connectivity index (χ3n) is 13.4. The molecule has 0 N–H and O–H groups in total. The average molecular weight is 1010 g/mol. The van der Waals surface area contributed by atoms with Crippen molar-refractivity contribution in [1.29, 1.82) is 0 Å². The third kappa shape index (κ3) is 15.0. The van der Waals surface area contributed by atoms with Gasteiger partial charge in [0.15, 0.2) is 6.29 Å². The Bertz CT molecular complexity index is 2670. The quantitative estimate of drug-likeness (QED) is 0.0460. The molecule has 2 aliphatic heterocycles. The molecule has 0 amide bonds. The van der Waals surface area contributed by atoms with E-state index in [2.05, 4.69) is 6.58 Å². The number of ether oxygens (including phenoxy) is 11. The van der Waals surface area contributed by atoms with Crippen LogP contribution in [-0.2, 0) is 98.4 Å². The molecule has 2 saturated heterocycles. The van der Waals surface area contributed by atoms with Crippen molar-refractivity contribution in [2.75, 3.05) is 20.3 Å². The minimum atomic E-state index is -1.68. The molecule has 9 rings (SSSR count). The van der Waals surface area contributed by atoms with E-state index < -0.39 is 60.9 Å². The second-order valence-electron chi connectivity index (χ2n) is 18.7. The van der Waals surface area contributed by atoms with Crippen molar-refractivity contribution in [3.8, 4) is 0 Å². The molecule has 2 aliphatic rings. The number of hydrogen-bond acceptors (Lipinski definition) is 11. The smallest absolute Gasteiger partial charge is 0.217 e. The van der Waals surface area contributed by atoms with Crippen molar-refractivity contribution in [2.24, 2.45) is 0 Å². The minimum absolute atomic E-state index is 0.0916. The lowest BCUT2D eigenvalue weighted by molar-refractivity contribution is -0.377. The molecule has 75 heavy (non-hydrogen) atoms. The number of benzene rings is 7. The second kappa shape index (κ2) is 28.1. The number of methoxy groups -OCH3 is 1. The molecule has 2 fully saturated rings. The summed E-state index contributed by atoms with van der Waals surface area (Å²) in [4.78, 5) is 0. The summed E-state index contributed by atoms with van der Waals surface area (Å²) in [5.74, 6) is -1.68. The summed E-state index contributed by atoms with van der Waals surface area (Å²) in [7, 11) is 1.61. The lowest BCUT2D eigenvalue weighted by Crippen LogP contribution is -2.68. The molecule has 11 nitrogen and oxygen atoms in total. The van der Waals surface area contributed by atoms with E-state index >= 15 is 0 Å². The van der Waals surface area contributed by atoms with Crippen LogP contribution in [0.3, 0.4) is 0 Å². The van der Waals surface area contributed by atoms with Gasteiger partial charge in [-0.3, -0.25) is 0 Å². The maximum Gasteiger partial charge on any atom is 0.217 e. The van der Waals surface area contributed by atoms with Crippen molar-refractivity contribution in [2.45, 2.75) is 107 Å². The Hall–Kier alpha value is -6.16. The molecule has 0 aliphatic carbocycles. The van der Waals surface area contributed by atoms with Crippen molar-refractivity contribution in [3.05, 3.63) is 264 Å². The fourth-order valence-corrected chi connectivity index (χ4v) is 9.49. The lowest BCUT2D eigenvalue weighted by Gasteiger charge is -2.52. The van der Waals surface area contributed by atoms with E-state index in [0.29, 0.717) is 6.61 Å². The second-order valence-corrected chi connectivity index (χ2v) is 18.7. The van der Waals surface area contributed by atoms with Gasteiger partial charge in [-0.1, -0.05) is 219 Å². The first kappa shape index (κ1) is 53.7. The van der Waals surface area contributed by atoms with Crippen LogP contribution in [0.1, 0.15) is 38.9 Å². The monoisotopic (exact) mass is 1010 g/mol. The Balaban J connectivity index is 1.09. The standard InChI is InChI=1S/C64H68O11/c1-3-64(73-47-55-57(67-40-49-27-13-5-14-28-49)59(69-42-51-31-17-7-18-32-51)61(63(65-2)74-55)71-44-53-35-21-9-22-36-53)62(72-45-54-37-23-10-24-38-54)60(70-43-52-33-19-8-20-34-52)58(68-41-50-29-15-6-16-30-50)56(75-64)46-66-39-48-25-11-4-12-26-48/h3-38,55-63H,1,39-47H2,2H3. The summed E-state index contributed by atoms with van der Waals surface area (Å²) in [5.41, 5.74) is 6.87. The Morgan fingerprint density at radius 1 is 0.387 bits per heavy atom. The number of hydrogen-bond donors (Lipinski definition) is 0. The molecule has 10 atom stereocenters. The first-order valence-corrected chi connectivity index (χ1v) is 25.8. The van der Waals surface area contributed by atoms with E-state index in [1.165, 1.54) is 0 Å². The fraction of sp³-hybridized carbons (Fsp3) is 0.312. The molecule has 0 bridgehead atoms. The van der Waals surface area contributed by atoms with Crippen LogP contribution >= 0.6 is 0 Å². The molecule has 0 saturated carbocycles. The maximum absolute atomic E-state index is 7.32. The minimum Gasteiger partial charge on any atom is -0.374 e. The SMILES string of the molecule is C=CC1(OCC2OC(OC)C(OCc3ccccc3)C(OCc3ccccc3)C2OCc2ccccc2)OC(COCc2ccccc2)C(OCc2ccccc2)C(OCc2ccccc2)C1OCc1ccccc1. The predicted octanol–water partition coefficient (Wildman–Crippen LogP) is 11.4. The van der Waals surface area contributed by atoms with Crippen LogP contribution in [0.15, 0.2) is 225 Å². The lowest BCUT2D eigenvalue weighted by atomic mass is 9.91. The van der Waals surface area contributed by atoms with Gasteiger partial charge in [0.2, 0.25) is 5.79 Å². The Labute approximate surface area is 441 Å². The molecule has 7 aromatic carbocycles. The zero-order valence-electron chi connectivity index (χ0n) is 42.5. The molecule has 10 unspecified atom stereocenters. The Kier molecular flexibility index (Phi) is 20.1. The van der Waals surface area contributed by atoms with E-state index in [9.17, 15) is 0 Å². The molecule has 0 radical (unpaired) electrons. The summed E-state index contributed by atoms with van der Waals surface area (Å²) in [5, 5.41) is 0. The van der Waals surface area contributed by atoms with E-state index in [1.54, 1.807) is 13.2 Å². The molecular weight excluding hydrogens is 945 g/mol. The van der Waals surface area contributed by atoms with Gasteiger partial charge in [0, 0.05) is 7.11 Å². The topological polar surface area (TPSA) is 102 Å². The molecule has 0 spiro atoms. The van der Waals surface area contributed by atoms with Crippen molar-refractivity contribution < 1.29 is 52.1 Å². The van der Waals surface area contributed by atoms with Gasteiger partial charge in [-0.25, -0.2) is 0 Å². The summed E-state index contributed by atoms with van der Waals surface area (Å²) < 4.78 is 76.1. The van der Waals surface area contributed by atoms with Gasteiger partial charge in [-0.05, 0) is 45.0 Å². The molecule has 11 heteroatoms. The van der Waals surface area contributed by atoms with Gasteiger partial charge in [-0.2, -0.15) is 0 Å². The summed E-state index contributed by atoms with van der Waals surface area (Å²) in [6.45, 7) is 6.31. The Morgan fingerprint density at radius 2 is 0.720 bits per heavy atom. The van der Waals surface area contributed by atoms with Crippen molar-refractivity contribution in [3.63, 3.8) is 0 Å². The highest BCUT2D eigenvalue weighted by Crippen LogP contribution is 2.40. The Morgan fingerprint density at radius 3 is 1.11 bits per heavy atom. The van der Waals surface area contributed by atoms with Crippen molar-refractivity contribution in [1.82, 2.24) is 0 Å². The summed E-state index contributed by atoms with van der Waals surface area (Å²) in [6, 6.07) is 70.2. The molecular formula is C64H68O11. The largest absolute Gasteiger partial charge is 0.374 e. The van der Waals surface area contributed by atoms with Crippen LogP contribution < -0.4 is 0 Å². The summed E-state index contributed by atoms with van der Waals surface area (Å²) in [6.07, 6.45) is -5.46. The van der Waals surface area contributed by atoms with Gasteiger partial charge in [0.05, 0.1) is 59.5 Å². The number of rotatable bonds is 27. The molecule has 2 heterocycles. The first-order valence-electron chi connectivity index (χ1n) is 25.8. The zero-order chi connectivity index (χ0) is 51.3. The van der Waals surface area contributed by atoms with Crippen LogP contribution in [0.25, 0.3) is 0 Å². The highest BCUT2D eigenvalue weighted by molar-refractivity contribution is 5.20. The highest BCUT2D eigenvalue weighted by Gasteiger charge is 2.58. The van der Waals surface area contributed by atoms with Crippen LogP contribution in [0.4, 0.5) is 0 Å². The predicted molar refractivity (Wildman–Crippen MR) is 286 cm³/mol. The van der Waals surface area contributed by atoms with Crippen molar-refractivity contribution >= 4 is 0 Å². The van der Waals surface area contributed by atoms with Crippen LogP contribution in [0.5, 0.6) is 0 Å². The van der Waals surface area contributed by atoms with E-state index in [1.807, 2.05) is 212 Å². The normalized spacial score (nSPS) is 24.6. The first-order chi connectivity index (χ1) is 37.1. The molecule has 390 valence electrons. The fourth-order valence-electron chi connectivity index (χ4n) is 9.49. The van der Waals surface area contributed by atoms with E-state index in [-0.39, 0.29) is 52.9 Å².